The molecule has 7 nitrogen and oxygen atoms in total. The van der Waals surface area contributed by atoms with E-state index in [1.165, 1.54) is 6.42 Å². The lowest BCUT2D eigenvalue weighted by molar-refractivity contribution is -0.120. The molecular formula is C23H26N4O3S. The highest BCUT2D eigenvalue weighted by molar-refractivity contribution is 7.80. The largest absolute Gasteiger partial charge is 0.326 e. The summed E-state index contributed by atoms with van der Waals surface area (Å²) in [5.41, 5.74) is 7.51. The molecule has 8 heteroatoms. The van der Waals surface area contributed by atoms with Crippen LogP contribution < -0.4 is 21.5 Å². The van der Waals surface area contributed by atoms with Gasteiger partial charge in [0.05, 0.1) is 0 Å². The van der Waals surface area contributed by atoms with Crippen LogP contribution in [0.2, 0.25) is 0 Å². The maximum atomic E-state index is 12.3. The number of benzene rings is 2. The molecule has 1 saturated carbocycles. The Morgan fingerprint density at radius 2 is 1.39 bits per heavy atom. The van der Waals surface area contributed by atoms with Gasteiger partial charge in [0, 0.05) is 22.7 Å². The van der Waals surface area contributed by atoms with Gasteiger partial charge in [-0.1, -0.05) is 37.0 Å². The van der Waals surface area contributed by atoms with Crippen LogP contribution in [0.3, 0.4) is 0 Å². The summed E-state index contributed by atoms with van der Waals surface area (Å²) in [6.45, 7) is 1.93. The number of rotatable bonds is 4. The number of carbonyl (C=O) groups is 3. The second-order valence-electron chi connectivity index (χ2n) is 7.63. The Balaban J connectivity index is 1.45. The molecule has 162 valence electrons. The molecule has 0 aliphatic heterocycles. The fourth-order valence-electron chi connectivity index (χ4n) is 3.41. The van der Waals surface area contributed by atoms with Crippen molar-refractivity contribution in [3.05, 3.63) is 65.2 Å². The summed E-state index contributed by atoms with van der Waals surface area (Å²) in [6, 6.07) is 13.6. The van der Waals surface area contributed by atoms with Gasteiger partial charge in [0.1, 0.15) is 0 Å². The van der Waals surface area contributed by atoms with Crippen LogP contribution >= 0.6 is 12.2 Å². The second-order valence-corrected chi connectivity index (χ2v) is 8.04. The van der Waals surface area contributed by atoms with Crippen LogP contribution in [0.15, 0.2) is 48.5 Å². The maximum absolute atomic E-state index is 12.3. The molecule has 2 aromatic carbocycles. The first-order valence-corrected chi connectivity index (χ1v) is 10.7. The molecular weight excluding hydrogens is 412 g/mol. The van der Waals surface area contributed by atoms with Crippen molar-refractivity contribution in [3.63, 3.8) is 0 Å². The summed E-state index contributed by atoms with van der Waals surface area (Å²) in [5.74, 6) is -0.688. The molecule has 31 heavy (non-hydrogen) atoms. The lowest BCUT2D eigenvalue weighted by atomic mass is 9.88. The predicted molar refractivity (Wildman–Crippen MR) is 123 cm³/mol. The molecule has 4 N–H and O–H groups in total. The number of hydrogen-bond donors (Lipinski definition) is 4. The van der Waals surface area contributed by atoms with E-state index >= 15 is 0 Å². The average molecular weight is 439 g/mol. The molecule has 0 bridgehead atoms. The number of carbonyl (C=O) groups excluding carboxylic acids is 3. The van der Waals surface area contributed by atoms with Gasteiger partial charge < -0.3 is 5.32 Å². The zero-order valence-electron chi connectivity index (χ0n) is 17.4. The third-order valence-electron chi connectivity index (χ3n) is 5.22. The smallest absolute Gasteiger partial charge is 0.269 e. The number of anilines is 1. The van der Waals surface area contributed by atoms with Gasteiger partial charge in [-0.2, -0.15) is 0 Å². The molecule has 1 aliphatic carbocycles. The Kier molecular flexibility index (Phi) is 7.72. The predicted octanol–water partition coefficient (Wildman–Crippen LogP) is 3.46. The van der Waals surface area contributed by atoms with Gasteiger partial charge in [0.15, 0.2) is 5.11 Å². The summed E-state index contributed by atoms with van der Waals surface area (Å²) < 4.78 is 0. The molecule has 0 unspecified atom stereocenters. The van der Waals surface area contributed by atoms with Crippen molar-refractivity contribution in [2.75, 3.05) is 5.32 Å². The third kappa shape index (κ3) is 6.62. The van der Waals surface area contributed by atoms with Gasteiger partial charge in [0.25, 0.3) is 11.8 Å². The van der Waals surface area contributed by atoms with E-state index in [1.807, 2.05) is 19.1 Å². The molecule has 0 atom stereocenters. The highest BCUT2D eigenvalue weighted by Gasteiger charge is 2.21. The van der Waals surface area contributed by atoms with E-state index < -0.39 is 5.91 Å². The Bertz CT molecular complexity index is 952. The minimum atomic E-state index is -0.419. The summed E-state index contributed by atoms with van der Waals surface area (Å²) in [5, 5.41) is 5.40. The Morgan fingerprint density at radius 3 is 2.03 bits per heavy atom. The van der Waals surface area contributed by atoms with Crippen LogP contribution in [0.1, 0.15) is 58.4 Å². The van der Waals surface area contributed by atoms with Crippen LogP contribution in [0.5, 0.6) is 0 Å². The van der Waals surface area contributed by atoms with Crippen LogP contribution in [0.4, 0.5) is 5.69 Å². The molecule has 2 aromatic rings. The number of hydrazine groups is 1. The van der Waals surface area contributed by atoms with E-state index in [0.29, 0.717) is 16.8 Å². The van der Waals surface area contributed by atoms with Crippen LogP contribution in [-0.4, -0.2) is 22.8 Å². The topological polar surface area (TPSA) is 99.3 Å². The van der Waals surface area contributed by atoms with Crippen LogP contribution in [0.25, 0.3) is 0 Å². The lowest BCUT2D eigenvalue weighted by Gasteiger charge is -2.20. The molecule has 0 heterocycles. The van der Waals surface area contributed by atoms with E-state index in [-0.39, 0.29) is 22.8 Å². The van der Waals surface area contributed by atoms with E-state index in [0.717, 1.165) is 31.2 Å². The van der Waals surface area contributed by atoms with Crippen LogP contribution in [-0.2, 0) is 4.79 Å². The molecule has 0 radical (unpaired) electrons. The number of thiocarbonyl (C=S) groups is 1. The van der Waals surface area contributed by atoms with Gasteiger partial charge in [-0.05, 0) is 68.4 Å². The van der Waals surface area contributed by atoms with Crippen molar-refractivity contribution in [2.45, 2.75) is 39.0 Å². The maximum Gasteiger partial charge on any atom is 0.269 e. The monoisotopic (exact) mass is 438 g/mol. The molecule has 0 saturated heterocycles. The molecule has 3 amide bonds. The van der Waals surface area contributed by atoms with Gasteiger partial charge in [0.2, 0.25) is 5.91 Å². The molecule has 1 aliphatic rings. The highest BCUT2D eigenvalue weighted by Crippen LogP contribution is 2.25. The Morgan fingerprint density at radius 1 is 0.806 bits per heavy atom. The molecule has 0 spiro atoms. The second kappa shape index (κ2) is 10.7. The Labute approximate surface area is 187 Å². The van der Waals surface area contributed by atoms with Crippen molar-refractivity contribution >= 4 is 40.7 Å². The fraction of sp³-hybridized carbons (Fsp3) is 0.304. The van der Waals surface area contributed by atoms with Gasteiger partial charge in [-0.25, -0.2) is 0 Å². The van der Waals surface area contributed by atoms with Gasteiger partial charge in [-0.15, -0.1) is 0 Å². The summed E-state index contributed by atoms with van der Waals surface area (Å²) in [4.78, 5) is 36.7. The SMILES string of the molecule is Cc1ccc(C(=O)NC(=S)NNC(=O)c2ccc(NC(=O)C3CCCCC3)cc2)cc1. The minimum Gasteiger partial charge on any atom is -0.326 e. The first kappa shape index (κ1) is 22.4. The zero-order valence-corrected chi connectivity index (χ0v) is 18.2. The van der Waals surface area contributed by atoms with E-state index in [2.05, 4.69) is 21.5 Å². The van der Waals surface area contributed by atoms with Crippen molar-refractivity contribution in [2.24, 2.45) is 5.92 Å². The van der Waals surface area contributed by atoms with E-state index in [1.54, 1.807) is 36.4 Å². The number of aryl methyl sites for hydroxylation is 1. The minimum absolute atomic E-state index is 0.0182. The standard InChI is InChI=1S/C23H26N4O3S/c1-15-7-9-17(10-8-15)21(29)25-23(31)27-26-22(30)18-11-13-19(14-12-18)24-20(28)16-5-3-2-4-6-16/h7-14,16H,2-6H2,1H3,(H,24,28)(H,26,30)(H2,25,27,29,31). The first-order chi connectivity index (χ1) is 14.9. The summed E-state index contributed by atoms with van der Waals surface area (Å²) in [7, 11) is 0. The summed E-state index contributed by atoms with van der Waals surface area (Å²) >= 11 is 5.05. The zero-order chi connectivity index (χ0) is 22.2. The Hall–Kier alpha value is -3.26. The molecule has 3 rings (SSSR count). The number of amides is 3. The van der Waals surface area contributed by atoms with Crippen LogP contribution in [0, 0.1) is 12.8 Å². The normalized spacial score (nSPS) is 13.7. The number of hydrogen-bond acceptors (Lipinski definition) is 4. The molecule has 1 fully saturated rings. The fourth-order valence-corrected chi connectivity index (χ4v) is 3.55. The van der Waals surface area contributed by atoms with Crippen molar-refractivity contribution < 1.29 is 14.4 Å². The third-order valence-corrected chi connectivity index (χ3v) is 5.43. The van der Waals surface area contributed by atoms with Gasteiger partial charge >= 0.3 is 0 Å². The quantitative estimate of drug-likeness (QED) is 0.433. The van der Waals surface area contributed by atoms with E-state index in [4.69, 9.17) is 12.2 Å². The first-order valence-electron chi connectivity index (χ1n) is 10.3. The van der Waals surface area contributed by atoms with Crippen molar-refractivity contribution in [3.8, 4) is 0 Å². The lowest BCUT2D eigenvalue weighted by Crippen LogP contribution is -2.48. The molecule has 0 aromatic heterocycles. The van der Waals surface area contributed by atoms with E-state index in [9.17, 15) is 14.4 Å². The number of nitrogens with one attached hydrogen (secondary N) is 4. The summed E-state index contributed by atoms with van der Waals surface area (Å²) in [6.07, 6.45) is 5.24. The van der Waals surface area contributed by atoms with Gasteiger partial charge in [-0.3, -0.25) is 30.6 Å². The van der Waals surface area contributed by atoms with Crippen molar-refractivity contribution in [1.82, 2.24) is 16.2 Å². The highest BCUT2D eigenvalue weighted by atomic mass is 32.1. The average Bonchev–Trinajstić information content (AvgIpc) is 2.79. The van der Waals surface area contributed by atoms with Crippen molar-refractivity contribution in [1.29, 1.82) is 0 Å².